The van der Waals surface area contributed by atoms with Crippen LogP contribution in [0, 0.1) is 0 Å². The summed E-state index contributed by atoms with van der Waals surface area (Å²) in [6, 6.07) is 0.436. The van der Waals surface area contributed by atoms with E-state index in [9.17, 15) is 4.79 Å². The van der Waals surface area contributed by atoms with Crippen LogP contribution in [0.4, 0.5) is 0 Å². The van der Waals surface area contributed by atoms with Crippen molar-refractivity contribution in [2.75, 3.05) is 20.2 Å². The van der Waals surface area contributed by atoms with Gasteiger partial charge in [0.25, 0.3) is 0 Å². The number of carbonyl (C=O) groups is 1. The summed E-state index contributed by atoms with van der Waals surface area (Å²) >= 11 is 4.88. The highest BCUT2D eigenvalue weighted by Crippen LogP contribution is 2.23. The van der Waals surface area contributed by atoms with E-state index in [1.807, 2.05) is 4.90 Å². The number of nitrogens with two attached hydrogens (primary N) is 1. The van der Waals surface area contributed by atoms with E-state index in [4.69, 9.17) is 18.0 Å². The van der Waals surface area contributed by atoms with Crippen molar-refractivity contribution < 1.29 is 9.53 Å². The molecule has 5 heteroatoms. The second-order valence-electron chi connectivity index (χ2n) is 3.89. The van der Waals surface area contributed by atoms with Gasteiger partial charge < -0.3 is 10.5 Å². The number of rotatable bonds is 5. The number of carbonyl (C=O) groups excluding carboxylic acids is 1. The van der Waals surface area contributed by atoms with Crippen LogP contribution in [-0.4, -0.2) is 42.1 Å². The number of esters is 1. The summed E-state index contributed by atoms with van der Waals surface area (Å²) in [5.41, 5.74) is 5.52. The van der Waals surface area contributed by atoms with Gasteiger partial charge in [-0.2, -0.15) is 0 Å². The maximum Gasteiger partial charge on any atom is 0.319 e. The Kier molecular flexibility index (Phi) is 4.98. The van der Waals surface area contributed by atoms with E-state index in [1.54, 1.807) is 0 Å². The van der Waals surface area contributed by atoms with Crippen molar-refractivity contribution in [1.82, 2.24) is 4.90 Å². The third-order valence-corrected chi connectivity index (χ3v) is 2.89. The van der Waals surface area contributed by atoms with E-state index in [0.717, 1.165) is 12.8 Å². The molecule has 86 valence electrons. The first-order valence-corrected chi connectivity index (χ1v) is 5.63. The molecule has 0 amide bonds. The molecule has 0 saturated heterocycles. The minimum Gasteiger partial charge on any atom is -0.468 e. The van der Waals surface area contributed by atoms with Crippen LogP contribution >= 0.6 is 12.2 Å². The molecule has 0 heterocycles. The predicted molar refractivity (Wildman–Crippen MR) is 62.6 cm³/mol. The second kappa shape index (κ2) is 6.02. The Bertz CT molecular complexity index is 240. The molecule has 0 bridgehead atoms. The van der Waals surface area contributed by atoms with E-state index in [0.29, 0.717) is 24.1 Å². The van der Waals surface area contributed by atoms with Gasteiger partial charge >= 0.3 is 5.97 Å². The third kappa shape index (κ3) is 4.13. The first kappa shape index (κ1) is 12.4. The molecule has 1 saturated carbocycles. The summed E-state index contributed by atoms with van der Waals surface area (Å²) in [6.45, 7) is 0.799. The first-order chi connectivity index (χ1) is 7.13. The highest BCUT2D eigenvalue weighted by molar-refractivity contribution is 7.80. The average Bonchev–Trinajstić information content (AvgIpc) is 2.68. The number of methoxy groups -OCH3 is 1. The van der Waals surface area contributed by atoms with Gasteiger partial charge in [0, 0.05) is 12.6 Å². The molecule has 1 aliphatic carbocycles. The molecule has 1 fully saturated rings. The molecule has 0 spiro atoms. The second-order valence-corrected chi connectivity index (χ2v) is 4.41. The van der Waals surface area contributed by atoms with Crippen LogP contribution in [0.1, 0.15) is 25.7 Å². The number of hydrogen-bond donors (Lipinski definition) is 1. The minimum absolute atomic E-state index is 0.224. The lowest BCUT2D eigenvalue weighted by Gasteiger charge is -2.26. The molecule has 0 aromatic rings. The van der Waals surface area contributed by atoms with E-state index >= 15 is 0 Å². The molecule has 0 aromatic carbocycles. The smallest absolute Gasteiger partial charge is 0.319 e. The van der Waals surface area contributed by atoms with Crippen LogP contribution < -0.4 is 5.73 Å². The van der Waals surface area contributed by atoms with E-state index in [2.05, 4.69) is 4.74 Å². The number of nitrogens with zero attached hydrogens (tertiary/aromatic N) is 1. The van der Waals surface area contributed by atoms with Gasteiger partial charge in [0.2, 0.25) is 0 Å². The topological polar surface area (TPSA) is 55.6 Å². The minimum atomic E-state index is -0.224. The Morgan fingerprint density at radius 1 is 1.47 bits per heavy atom. The van der Waals surface area contributed by atoms with Crippen LogP contribution in [0.25, 0.3) is 0 Å². The van der Waals surface area contributed by atoms with Gasteiger partial charge in [0.15, 0.2) is 0 Å². The van der Waals surface area contributed by atoms with Crippen molar-refractivity contribution in [1.29, 1.82) is 0 Å². The highest BCUT2D eigenvalue weighted by Gasteiger charge is 2.24. The summed E-state index contributed by atoms with van der Waals surface area (Å²) in [6.07, 6.45) is 4.69. The average molecular weight is 230 g/mol. The maximum atomic E-state index is 11.2. The molecule has 15 heavy (non-hydrogen) atoms. The van der Waals surface area contributed by atoms with Crippen LogP contribution in [0.2, 0.25) is 0 Å². The van der Waals surface area contributed by atoms with Gasteiger partial charge in [-0.3, -0.25) is 9.69 Å². The molecule has 4 nitrogen and oxygen atoms in total. The van der Waals surface area contributed by atoms with Crippen molar-refractivity contribution in [3.63, 3.8) is 0 Å². The Morgan fingerprint density at radius 3 is 2.53 bits per heavy atom. The van der Waals surface area contributed by atoms with Crippen molar-refractivity contribution in [3.8, 4) is 0 Å². The first-order valence-electron chi connectivity index (χ1n) is 5.22. The summed E-state index contributed by atoms with van der Waals surface area (Å²) < 4.78 is 4.66. The number of hydrogen-bond acceptors (Lipinski definition) is 4. The lowest BCUT2D eigenvalue weighted by molar-refractivity contribution is -0.142. The van der Waals surface area contributed by atoms with Crippen LogP contribution in [0.5, 0.6) is 0 Å². The molecule has 0 atom stereocenters. The van der Waals surface area contributed by atoms with Gasteiger partial charge in [-0.25, -0.2) is 0 Å². The summed E-state index contributed by atoms with van der Waals surface area (Å²) in [4.78, 5) is 13.7. The fourth-order valence-electron chi connectivity index (χ4n) is 2.01. The summed E-state index contributed by atoms with van der Waals surface area (Å²) in [7, 11) is 1.40. The van der Waals surface area contributed by atoms with Crippen molar-refractivity contribution in [3.05, 3.63) is 0 Å². The SMILES string of the molecule is COC(=O)CN(CC(N)=S)C1CCCC1. The molecule has 0 radical (unpaired) electrons. The summed E-state index contributed by atoms with van der Waals surface area (Å²) in [5.74, 6) is -0.224. The summed E-state index contributed by atoms with van der Waals surface area (Å²) in [5, 5.41) is 0. The number of thiocarbonyl (C=S) groups is 1. The van der Waals surface area contributed by atoms with Gasteiger partial charge in [0.05, 0.1) is 18.6 Å². The lowest BCUT2D eigenvalue weighted by atomic mass is 10.2. The molecule has 2 N–H and O–H groups in total. The largest absolute Gasteiger partial charge is 0.468 e. The Morgan fingerprint density at radius 2 is 2.07 bits per heavy atom. The Balaban J connectivity index is 2.51. The standard InChI is InChI=1S/C10H18N2O2S/c1-14-10(13)7-12(6-9(11)15)8-4-2-3-5-8/h8H,2-7H2,1H3,(H2,11,15). The fraction of sp³-hybridized carbons (Fsp3) is 0.800. The van der Waals surface area contributed by atoms with E-state index in [1.165, 1.54) is 20.0 Å². The highest BCUT2D eigenvalue weighted by atomic mass is 32.1. The van der Waals surface area contributed by atoms with Crippen LogP contribution in [-0.2, 0) is 9.53 Å². The fourth-order valence-corrected chi connectivity index (χ4v) is 2.18. The Labute approximate surface area is 95.8 Å². The van der Waals surface area contributed by atoms with Crippen LogP contribution in [0.15, 0.2) is 0 Å². The number of ether oxygens (including phenoxy) is 1. The molecular formula is C10H18N2O2S. The molecule has 0 aliphatic heterocycles. The van der Waals surface area contributed by atoms with Gasteiger partial charge in [-0.15, -0.1) is 0 Å². The zero-order chi connectivity index (χ0) is 11.3. The van der Waals surface area contributed by atoms with Gasteiger partial charge in [0.1, 0.15) is 0 Å². The van der Waals surface area contributed by atoms with Crippen LogP contribution in [0.3, 0.4) is 0 Å². The molecule has 1 aliphatic rings. The zero-order valence-corrected chi connectivity index (χ0v) is 9.89. The maximum absolute atomic E-state index is 11.2. The zero-order valence-electron chi connectivity index (χ0n) is 9.07. The molecule has 1 rings (SSSR count). The van der Waals surface area contributed by atoms with E-state index in [-0.39, 0.29) is 5.97 Å². The van der Waals surface area contributed by atoms with Crippen molar-refractivity contribution in [2.24, 2.45) is 5.73 Å². The van der Waals surface area contributed by atoms with Crippen molar-refractivity contribution >= 4 is 23.2 Å². The van der Waals surface area contributed by atoms with Gasteiger partial charge in [-0.05, 0) is 12.8 Å². The van der Waals surface area contributed by atoms with Crippen molar-refractivity contribution in [2.45, 2.75) is 31.7 Å². The quantitative estimate of drug-likeness (QED) is 0.556. The Hall–Kier alpha value is -0.680. The monoisotopic (exact) mass is 230 g/mol. The lowest BCUT2D eigenvalue weighted by Crippen LogP contribution is -2.42. The molecular weight excluding hydrogens is 212 g/mol. The normalized spacial score (nSPS) is 16.9. The third-order valence-electron chi connectivity index (χ3n) is 2.76. The van der Waals surface area contributed by atoms with Gasteiger partial charge in [-0.1, -0.05) is 25.1 Å². The van der Waals surface area contributed by atoms with E-state index < -0.39 is 0 Å². The predicted octanol–water partition coefficient (Wildman–Crippen LogP) is 0.690. The molecule has 0 aromatic heterocycles. The molecule has 0 unspecified atom stereocenters.